The molecule has 0 atom stereocenters. The van der Waals surface area contributed by atoms with Crippen molar-refractivity contribution in [2.24, 2.45) is 10.2 Å². The predicted molar refractivity (Wildman–Crippen MR) is 151 cm³/mol. The largest absolute Gasteiger partial charge is 0.494 e. The third-order valence-electron chi connectivity index (χ3n) is 6.02. The highest BCUT2D eigenvalue weighted by molar-refractivity contribution is 5.95. The minimum absolute atomic E-state index is 0.0417. The molecule has 3 aromatic rings. The van der Waals surface area contributed by atoms with Crippen molar-refractivity contribution < 1.29 is 19.1 Å². The van der Waals surface area contributed by atoms with Gasteiger partial charge in [0.15, 0.2) is 0 Å². The molecule has 3 rings (SSSR count). The number of aromatic nitrogens is 1. The predicted octanol–water partition coefficient (Wildman–Crippen LogP) is 6.76. The summed E-state index contributed by atoms with van der Waals surface area (Å²) in [6, 6.07) is 18.7. The van der Waals surface area contributed by atoms with E-state index < -0.39 is 5.91 Å². The highest BCUT2D eigenvalue weighted by Crippen LogP contribution is 2.18. The summed E-state index contributed by atoms with van der Waals surface area (Å²) in [4.78, 5) is 30.5. The first kappa shape index (κ1) is 29.5. The van der Waals surface area contributed by atoms with Gasteiger partial charge >= 0.3 is 0 Å². The van der Waals surface area contributed by atoms with Crippen LogP contribution in [0.4, 0.5) is 0 Å². The van der Waals surface area contributed by atoms with E-state index in [2.05, 4.69) is 15.2 Å². The van der Waals surface area contributed by atoms with Gasteiger partial charge in [-0.05, 0) is 101 Å². The number of pyridine rings is 1. The van der Waals surface area contributed by atoms with Crippen molar-refractivity contribution in [2.45, 2.75) is 65.6 Å². The quantitative estimate of drug-likeness (QED) is 0.170. The molecule has 1 heterocycles. The number of hydrogen-bond acceptors (Lipinski definition) is 6. The molecule has 8 heteroatoms. The number of rotatable bonds is 14. The fourth-order valence-corrected chi connectivity index (χ4v) is 4.09. The van der Waals surface area contributed by atoms with Crippen LogP contribution in [-0.4, -0.2) is 47.0 Å². The normalized spacial score (nSPS) is 11.2. The molecule has 0 aliphatic rings. The molecular formula is C31H38N4O4. The first-order valence-electron chi connectivity index (χ1n) is 13.4. The minimum atomic E-state index is -0.405. The smallest absolute Gasteiger partial charge is 0.296 e. The lowest BCUT2D eigenvalue weighted by Gasteiger charge is -2.30. The first-order valence-corrected chi connectivity index (χ1v) is 13.4. The zero-order valence-corrected chi connectivity index (χ0v) is 23.2. The molecule has 8 nitrogen and oxygen atoms in total. The van der Waals surface area contributed by atoms with E-state index in [4.69, 9.17) is 9.47 Å². The van der Waals surface area contributed by atoms with Crippen molar-refractivity contribution in [2.75, 3.05) is 13.2 Å². The Labute approximate surface area is 231 Å². The maximum absolute atomic E-state index is 12.8. The minimum Gasteiger partial charge on any atom is -0.494 e. The molecule has 0 unspecified atom stereocenters. The number of benzene rings is 2. The Hall–Kier alpha value is -4.07. The number of nitrogens with zero attached hydrogens (tertiary/aromatic N) is 4. The van der Waals surface area contributed by atoms with Gasteiger partial charge in [0, 0.05) is 30.0 Å². The molecule has 39 heavy (non-hydrogen) atoms. The monoisotopic (exact) mass is 530 g/mol. The van der Waals surface area contributed by atoms with E-state index in [1.807, 2.05) is 81.1 Å². The second kappa shape index (κ2) is 15.4. The molecule has 0 radical (unpaired) electrons. The lowest BCUT2D eigenvalue weighted by atomic mass is 10.1. The van der Waals surface area contributed by atoms with E-state index in [0.29, 0.717) is 30.9 Å². The van der Waals surface area contributed by atoms with Crippen LogP contribution in [-0.2, 0) is 6.54 Å². The number of carbonyl (C=O) groups excluding carboxylic acids is 2. The maximum Gasteiger partial charge on any atom is 0.296 e. The summed E-state index contributed by atoms with van der Waals surface area (Å²) in [5, 5.41) is 7.72. The Morgan fingerprint density at radius 2 is 1.38 bits per heavy atom. The van der Waals surface area contributed by atoms with Gasteiger partial charge in [0.2, 0.25) is 0 Å². The summed E-state index contributed by atoms with van der Waals surface area (Å²) in [5.74, 6) is 1.20. The van der Waals surface area contributed by atoms with Crippen LogP contribution < -0.4 is 9.47 Å². The highest BCUT2D eigenvalue weighted by atomic mass is 16.5. The Balaban J connectivity index is 1.29. The van der Waals surface area contributed by atoms with Crippen LogP contribution >= 0.6 is 0 Å². The van der Waals surface area contributed by atoms with E-state index in [0.717, 1.165) is 36.3 Å². The van der Waals surface area contributed by atoms with Gasteiger partial charge in [-0.25, -0.2) is 0 Å². The van der Waals surface area contributed by atoms with Gasteiger partial charge in [0.05, 0.1) is 25.3 Å². The average molecular weight is 531 g/mol. The van der Waals surface area contributed by atoms with E-state index in [9.17, 15) is 9.59 Å². The summed E-state index contributed by atoms with van der Waals surface area (Å²) in [7, 11) is 0. The molecule has 0 bridgehead atoms. The summed E-state index contributed by atoms with van der Waals surface area (Å²) in [5.41, 5.74) is 2.03. The van der Waals surface area contributed by atoms with Crippen LogP contribution in [0.1, 0.15) is 73.2 Å². The van der Waals surface area contributed by atoms with Crippen LogP contribution in [0, 0.1) is 0 Å². The number of amides is 2. The van der Waals surface area contributed by atoms with Crippen molar-refractivity contribution in [1.29, 1.82) is 0 Å². The van der Waals surface area contributed by atoms with Crippen LogP contribution in [0.15, 0.2) is 83.3 Å². The summed E-state index contributed by atoms with van der Waals surface area (Å²) in [6.07, 6.45) is 5.90. The van der Waals surface area contributed by atoms with Gasteiger partial charge in [-0.2, -0.15) is 5.11 Å². The molecule has 2 aromatic carbocycles. The molecule has 2 amide bonds. The van der Waals surface area contributed by atoms with Crippen LogP contribution in [0.5, 0.6) is 11.5 Å². The van der Waals surface area contributed by atoms with E-state index in [1.54, 1.807) is 18.3 Å². The van der Waals surface area contributed by atoms with Crippen molar-refractivity contribution in [3.05, 3.63) is 89.7 Å². The van der Waals surface area contributed by atoms with Gasteiger partial charge in [-0.15, -0.1) is 5.11 Å². The molecular weight excluding hydrogens is 492 g/mol. The third kappa shape index (κ3) is 9.63. The average Bonchev–Trinajstić information content (AvgIpc) is 2.93. The van der Waals surface area contributed by atoms with Crippen molar-refractivity contribution in [3.8, 4) is 11.5 Å². The molecule has 1 aromatic heterocycles. The van der Waals surface area contributed by atoms with Gasteiger partial charge in [-0.3, -0.25) is 14.6 Å². The lowest BCUT2D eigenvalue weighted by molar-refractivity contribution is 0.0643. The summed E-state index contributed by atoms with van der Waals surface area (Å²) < 4.78 is 11.7. The fourth-order valence-electron chi connectivity index (χ4n) is 4.09. The summed E-state index contributed by atoms with van der Waals surface area (Å²) in [6.45, 7) is 9.68. The van der Waals surface area contributed by atoms with Crippen molar-refractivity contribution >= 4 is 11.8 Å². The molecule has 0 N–H and O–H groups in total. The van der Waals surface area contributed by atoms with E-state index in [1.165, 1.54) is 6.20 Å². The standard InChI is InChI=1S/C31H38N4O4/c1-23(2)35(24(3)4)31(37)26-12-16-29(17-13-26)39-20-7-5-6-19-38-28-14-10-25(11-15-28)21-33-34-30(36)27-9-8-18-32-22-27/h8-18,22-24H,5-7,19-21H2,1-4H3. The molecule has 0 fully saturated rings. The molecule has 0 spiro atoms. The zero-order valence-electron chi connectivity index (χ0n) is 23.2. The molecule has 206 valence electrons. The van der Waals surface area contributed by atoms with Gasteiger partial charge in [0.25, 0.3) is 11.8 Å². The fraction of sp³-hybridized carbons (Fsp3) is 0.387. The first-order chi connectivity index (χ1) is 18.8. The Kier molecular flexibility index (Phi) is 11.6. The SMILES string of the molecule is CC(C)N(C(=O)c1ccc(OCCCCCOc2ccc(CN=NC(=O)c3cccnc3)cc2)cc1)C(C)C. The number of carbonyl (C=O) groups is 2. The van der Waals surface area contributed by atoms with Crippen LogP contribution in [0.3, 0.4) is 0 Å². The van der Waals surface area contributed by atoms with Crippen molar-refractivity contribution in [1.82, 2.24) is 9.88 Å². The second-order valence-electron chi connectivity index (χ2n) is 9.77. The second-order valence-corrected chi connectivity index (χ2v) is 9.77. The topological polar surface area (TPSA) is 93.5 Å². The number of ether oxygens (including phenoxy) is 2. The zero-order chi connectivity index (χ0) is 28.0. The van der Waals surface area contributed by atoms with Crippen molar-refractivity contribution in [3.63, 3.8) is 0 Å². The number of unbranched alkanes of at least 4 members (excludes halogenated alkanes) is 2. The molecule has 0 saturated carbocycles. The Bertz CT molecular complexity index is 1190. The highest BCUT2D eigenvalue weighted by Gasteiger charge is 2.21. The Morgan fingerprint density at radius 1 is 0.795 bits per heavy atom. The van der Waals surface area contributed by atoms with Crippen LogP contribution in [0.25, 0.3) is 0 Å². The van der Waals surface area contributed by atoms with Crippen LogP contribution in [0.2, 0.25) is 0 Å². The van der Waals surface area contributed by atoms with Gasteiger partial charge in [-0.1, -0.05) is 12.1 Å². The number of hydrogen-bond donors (Lipinski definition) is 0. The molecule has 0 aliphatic carbocycles. The maximum atomic E-state index is 12.8. The van der Waals surface area contributed by atoms with E-state index in [-0.39, 0.29) is 18.0 Å². The van der Waals surface area contributed by atoms with E-state index >= 15 is 0 Å². The molecule has 0 saturated heterocycles. The Morgan fingerprint density at radius 3 is 1.92 bits per heavy atom. The summed E-state index contributed by atoms with van der Waals surface area (Å²) >= 11 is 0. The third-order valence-corrected chi connectivity index (χ3v) is 6.02. The lowest BCUT2D eigenvalue weighted by Crippen LogP contribution is -2.42. The van der Waals surface area contributed by atoms with Gasteiger partial charge in [0.1, 0.15) is 11.5 Å². The van der Waals surface area contributed by atoms with Gasteiger partial charge < -0.3 is 14.4 Å². The molecule has 0 aliphatic heterocycles. The number of azo groups is 1.